The highest BCUT2D eigenvalue weighted by Gasteiger charge is 2.49. The summed E-state index contributed by atoms with van der Waals surface area (Å²) in [5.74, 6) is -6.59. The number of rotatable bonds is 7. The molecular weight excluding hydrogens is 602 g/mol. The molecule has 1 saturated heterocycles. The quantitative estimate of drug-likeness (QED) is 0.341. The van der Waals surface area contributed by atoms with Crippen LogP contribution in [0.25, 0.3) is 0 Å². The summed E-state index contributed by atoms with van der Waals surface area (Å²) < 4.78 is 57.3. The van der Waals surface area contributed by atoms with Crippen LogP contribution in [-0.2, 0) is 14.4 Å². The van der Waals surface area contributed by atoms with E-state index in [9.17, 15) is 32.8 Å². The van der Waals surface area contributed by atoms with Gasteiger partial charge in [0.2, 0.25) is 11.8 Å². The summed E-state index contributed by atoms with van der Waals surface area (Å²) in [7, 11) is 0. The van der Waals surface area contributed by atoms with Crippen LogP contribution in [0.5, 0.6) is 0 Å². The van der Waals surface area contributed by atoms with E-state index in [4.69, 9.17) is 11.6 Å². The van der Waals surface area contributed by atoms with Crippen LogP contribution in [-0.4, -0.2) is 46.9 Å². The minimum atomic E-state index is -2.86. The number of nitriles is 1. The van der Waals surface area contributed by atoms with E-state index < -0.39 is 73.0 Å². The van der Waals surface area contributed by atoms with E-state index in [0.29, 0.717) is 0 Å². The Morgan fingerprint density at radius 1 is 1.11 bits per heavy atom. The van der Waals surface area contributed by atoms with Gasteiger partial charge >= 0.3 is 0 Å². The molecule has 1 saturated carbocycles. The van der Waals surface area contributed by atoms with Crippen LogP contribution in [0.1, 0.15) is 49.3 Å². The molecule has 2 heterocycles. The number of nitrogens with one attached hydrogen (secondary N) is 1. The number of anilines is 2. The van der Waals surface area contributed by atoms with Crippen LogP contribution in [0.15, 0.2) is 66.9 Å². The number of nitrogens with zero attached hydrogens (tertiary/aromatic N) is 4. The van der Waals surface area contributed by atoms with E-state index in [1.54, 1.807) is 12.1 Å². The van der Waals surface area contributed by atoms with Crippen LogP contribution < -0.4 is 15.1 Å². The minimum absolute atomic E-state index is 0.0166. The normalized spacial score (nSPS) is 20.5. The Bertz CT molecular complexity index is 1620. The molecule has 2 aromatic carbocycles. The van der Waals surface area contributed by atoms with Crippen LogP contribution in [0.4, 0.5) is 29.1 Å². The molecule has 1 aliphatic heterocycles. The second kappa shape index (κ2) is 12.6. The number of hydrogen-bond acceptors (Lipinski definition) is 5. The molecule has 1 aromatic heterocycles. The number of benzene rings is 2. The standard InChI is InChI=1S/C31H26ClF4N5O3/c32-23-7-2-1-6-22(23)27(28(42)39-20-8-11-31(35,36)12-9-20)40(21-5-3-4-19(33)15-21)30(44)25-16-24(34)29(43)41(25)26-14-18(17-37)10-13-38-26/h1-7,10,13-15,20,24-25,27H,8-9,11-12,16H2,(H,39,42)/t24-,25+,27?/m1/s1. The van der Waals surface area contributed by atoms with Gasteiger partial charge in [0.05, 0.1) is 11.6 Å². The number of halogens is 5. The van der Waals surface area contributed by atoms with E-state index in [1.165, 1.54) is 42.6 Å². The Hall–Kier alpha value is -4.50. The fourth-order valence-corrected chi connectivity index (χ4v) is 5.80. The summed E-state index contributed by atoms with van der Waals surface area (Å²) in [6, 6.07) is 11.6. The van der Waals surface area contributed by atoms with Gasteiger partial charge in [-0.1, -0.05) is 35.9 Å². The molecule has 0 radical (unpaired) electrons. The Balaban J connectivity index is 1.61. The van der Waals surface area contributed by atoms with E-state index in [-0.39, 0.29) is 40.5 Å². The van der Waals surface area contributed by atoms with E-state index in [0.717, 1.165) is 21.9 Å². The molecule has 0 bridgehead atoms. The topological polar surface area (TPSA) is 106 Å². The summed E-state index contributed by atoms with van der Waals surface area (Å²) in [5, 5.41) is 12.2. The van der Waals surface area contributed by atoms with Crippen LogP contribution in [0.3, 0.4) is 0 Å². The molecule has 2 fully saturated rings. The Morgan fingerprint density at radius 2 is 1.84 bits per heavy atom. The second-order valence-corrected chi connectivity index (χ2v) is 11.1. The van der Waals surface area contributed by atoms with Gasteiger partial charge in [-0.05, 0) is 49.2 Å². The van der Waals surface area contributed by atoms with Gasteiger partial charge in [0, 0.05) is 47.8 Å². The van der Waals surface area contributed by atoms with E-state index >= 15 is 4.39 Å². The van der Waals surface area contributed by atoms with Crippen LogP contribution in [0, 0.1) is 17.1 Å². The summed E-state index contributed by atoms with van der Waals surface area (Å²) in [5.41, 5.74) is 0.131. The van der Waals surface area contributed by atoms with Crippen molar-refractivity contribution < 1.29 is 31.9 Å². The van der Waals surface area contributed by atoms with Crippen LogP contribution in [0.2, 0.25) is 5.02 Å². The molecule has 44 heavy (non-hydrogen) atoms. The molecular formula is C31H26ClF4N5O3. The zero-order valence-corrected chi connectivity index (χ0v) is 23.9. The Kier molecular flexibility index (Phi) is 8.87. The average molecular weight is 628 g/mol. The summed E-state index contributed by atoms with van der Waals surface area (Å²) in [6.45, 7) is 0. The maximum absolute atomic E-state index is 15.0. The molecule has 0 spiro atoms. The smallest absolute Gasteiger partial charge is 0.263 e. The fraction of sp³-hybridized carbons (Fsp3) is 0.323. The Labute approximate surface area is 255 Å². The molecule has 2 aliphatic rings. The molecule has 1 unspecified atom stereocenters. The van der Waals surface area contributed by atoms with Gasteiger partial charge in [0.15, 0.2) is 6.17 Å². The van der Waals surface area contributed by atoms with Gasteiger partial charge in [-0.15, -0.1) is 0 Å². The lowest BCUT2D eigenvalue weighted by Gasteiger charge is -2.37. The summed E-state index contributed by atoms with van der Waals surface area (Å²) >= 11 is 6.52. The number of carbonyl (C=O) groups is 3. The minimum Gasteiger partial charge on any atom is -0.351 e. The molecule has 5 rings (SSSR count). The molecule has 228 valence electrons. The first-order chi connectivity index (χ1) is 21.0. The molecule has 3 amide bonds. The molecule has 1 aliphatic carbocycles. The third kappa shape index (κ3) is 6.38. The highest BCUT2D eigenvalue weighted by Crippen LogP contribution is 2.38. The first-order valence-electron chi connectivity index (χ1n) is 13.8. The number of amides is 3. The molecule has 3 aromatic rings. The number of hydrogen-bond donors (Lipinski definition) is 1. The molecule has 3 atom stereocenters. The lowest BCUT2D eigenvalue weighted by Crippen LogP contribution is -2.53. The predicted octanol–water partition coefficient (Wildman–Crippen LogP) is 5.66. The van der Waals surface area contributed by atoms with Gasteiger partial charge in [-0.2, -0.15) is 5.26 Å². The third-order valence-electron chi connectivity index (χ3n) is 7.75. The maximum atomic E-state index is 15.0. The number of pyridine rings is 1. The third-order valence-corrected chi connectivity index (χ3v) is 8.09. The first kappa shape index (κ1) is 30.9. The average Bonchev–Trinajstić information content (AvgIpc) is 3.30. The highest BCUT2D eigenvalue weighted by atomic mass is 35.5. The van der Waals surface area contributed by atoms with Crippen molar-refractivity contribution >= 4 is 40.8 Å². The summed E-state index contributed by atoms with van der Waals surface area (Å²) in [4.78, 5) is 47.4. The van der Waals surface area contributed by atoms with Crippen molar-refractivity contribution in [2.24, 2.45) is 0 Å². The van der Waals surface area contributed by atoms with Gasteiger partial charge in [0.1, 0.15) is 23.7 Å². The largest absolute Gasteiger partial charge is 0.351 e. The van der Waals surface area contributed by atoms with Crippen molar-refractivity contribution in [1.82, 2.24) is 10.3 Å². The number of alkyl halides is 3. The van der Waals surface area contributed by atoms with Crippen molar-refractivity contribution in [2.75, 3.05) is 9.80 Å². The second-order valence-electron chi connectivity index (χ2n) is 10.7. The number of aromatic nitrogens is 1. The van der Waals surface area contributed by atoms with Crippen molar-refractivity contribution in [1.29, 1.82) is 5.26 Å². The van der Waals surface area contributed by atoms with Crippen LogP contribution >= 0.6 is 11.6 Å². The van der Waals surface area contributed by atoms with Gasteiger partial charge in [-0.25, -0.2) is 22.5 Å². The molecule has 1 N–H and O–H groups in total. The SMILES string of the molecule is N#Cc1ccnc(N2C(=O)[C@H](F)C[C@H]2C(=O)N(c2cccc(F)c2)C(C(=O)NC2CCC(F)(F)CC2)c2ccccc2Cl)c1. The lowest BCUT2D eigenvalue weighted by atomic mass is 9.91. The van der Waals surface area contributed by atoms with Crippen molar-refractivity contribution in [3.05, 3.63) is 88.8 Å². The number of carbonyl (C=O) groups excluding carboxylic acids is 3. The van der Waals surface area contributed by atoms with Crippen molar-refractivity contribution in [3.63, 3.8) is 0 Å². The fourth-order valence-electron chi connectivity index (χ4n) is 5.56. The summed E-state index contributed by atoms with van der Waals surface area (Å²) in [6.07, 6.45) is -2.40. The monoisotopic (exact) mass is 627 g/mol. The van der Waals surface area contributed by atoms with Gasteiger partial charge in [0.25, 0.3) is 11.8 Å². The van der Waals surface area contributed by atoms with Crippen molar-refractivity contribution in [2.45, 2.75) is 62.3 Å². The van der Waals surface area contributed by atoms with E-state index in [2.05, 4.69) is 10.3 Å². The lowest BCUT2D eigenvalue weighted by molar-refractivity contribution is -0.128. The zero-order chi connectivity index (χ0) is 31.6. The zero-order valence-electron chi connectivity index (χ0n) is 23.1. The highest BCUT2D eigenvalue weighted by molar-refractivity contribution is 6.31. The maximum Gasteiger partial charge on any atom is 0.263 e. The van der Waals surface area contributed by atoms with Crippen molar-refractivity contribution in [3.8, 4) is 6.07 Å². The predicted molar refractivity (Wildman–Crippen MR) is 153 cm³/mol. The van der Waals surface area contributed by atoms with E-state index in [1.807, 2.05) is 6.07 Å². The molecule has 13 heteroatoms. The van der Waals surface area contributed by atoms with Gasteiger partial charge < -0.3 is 5.32 Å². The molecule has 8 nitrogen and oxygen atoms in total. The Morgan fingerprint density at radius 3 is 2.52 bits per heavy atom. The first-order valence-corrected chi connectivity index (χ1v) is 14.2. The van der Waals surface area contributed by atoms with Gasteiger partial charge in [-0.3, -0.25) is 24.2 Å².